The predicted molar refractivity (Wildman–Crippen MR) is 121 cm³/mol. The molecule has 0 aliphatic rings. The molecule has 160 valence electrons. The average Bonchev–Trinajstić information content (AvgIpc) is 2.76. The molecule has 8 heteroatoms. The van der Waals surface area contributed by atoms with Crippen molar-refractivity contribution in [3.63, 3.8) is 0 Å². The van der Waals surface area contributed by atoms with Crippen LogP contribution in [0.4, 0.5) is 0 Å². The Labute approximate surface area is 184 Å². The molecule has 2 aromatic carbocycles. The van der Waals surface area contributed by atoms with Gasteiger partial charge >= 0.3 is 0 Å². The number of aromatic nitrogens is 2. The summed E-state index contributed by atoms with van der Waals surface area (Å²) < 4.78 is 0. The quantitative estimate of drug-likeness (QED) is 0.353. The van der Waals surface area contributed by atoms with Gasteiger partial charge in [0.05, 0.1) is 17.9 Å². The van der Waals surface area contributed by atoms with Crippen molar-refractivity contribution in [2.75, 3.05) is 5.75 Å². The van der Waals surface area contributed by atoms with Gasteiger partial charge in [0.2, 0.25) is 11.8 Å². The first kappa shape index (κ1) is 22.3. The van der Waals surface area contributed by atoms with Crippen molar-refractivity contribution < 1.29 is 9.59 Å². The van der Waals surface area contributed by atoms with Gasteiger partial charge in [-0.1, -0.05) is 71.9 Å². The van der Waals surface area contributed by atoms with E-state index in [4.69, 9.17) is 0 Å². The monoisotopic (exact) mass is 436 g/mol. The standard InChI is InChI=1S/C23H24N4O3S/c1-16-7-9-18(10-8-16)14-25-22(30)15-31-23-26-19(12-21(29)27-23)11-20(28)24-13-17-5-3-2-4-6-17/h2-10,12H,11,13-15H2,1H3,(H,24,28)(H,25,30)(H,26,27,29). The lowest BCUT2D eigenvalue weighted by Crippen LogP contribution is -2.26. The highest BCUT2D eigenvalue weighted by atomic mass is 32.2. The number of aromatic amines is 1. The highest BCUT2D eigenvalue weighted by Gasteiger charge is 2.10. The summed E-state index contributed by atoms with van der Waals surface area (Å²) in [5, 5.41) is 5.96. The lowest BCUT2D eigenvalue weighted by molar-refractivity contribution is -0.121. The molecule has 1 heterocycles. The minimum absolute atomic E-state index is 0.00999. The molecule has 0 aliphatic heterocycles. The number of hydrogen-bond donors (Lipinski definition) is 3. The molecule has 0 unspecified atom stereocenters. The summed E-state index contributed by atoms with van der Waals surface area (Å²) in [5.74, 6) is -0.286. The third-order valence-corrected chi connectivity index (χ3v) is 5.27. The fourth-order valence-electron chi connectivity index (χ4n) is 2.76. The summed E-state index contributed by atoms with van der Waals surface area (Å²) in [4.78, 5) is 43.1. The number of rotatable bonds is 9. The highest BCUT2D eigenvalue weighted by molar-refractivity contribution is 7.99. The number of carbonyl (C=O) groups is 2. The minimum atomic E-state index is -0.358. The van der Waals surface area contributed by atoms with E-state index in [-0.39, 0.29) is 29.5 Å². The fraction of sp³-hybridized carbons (Fsp3) is 0.217. The van der Waals surface area contributed by atoms with Crippen molar-refractivity contribution in [3.8, 4) is 0 Å². The Morgan fingerprint density at radius 1 is 0.935 bits per heavy atom. The zero-order valence-corrected chi connectivity index (χ0v) is 18.0. The molecule has 7 nitrogen and oxygen atoms in total. The van der Waals surface area contributed by atoms with Gasteiger partial charge in [-0.2, -0.15) is 0 Å². The lowest BCUT2D eigenvalue weighted by Gasteiger charge is -2.07. The number of nitrogens with one attached hydrogen (secondary N) is 3. The van der Waals surface area contributed by atoms with E-state index in [1.807, 2.05) is 61.5 Å². The Morgan fingerprint density at radius 3 is 2.29 bits per heavy atom. The Morgan fingerprint density at radius 2 is 1.58 bits per heavy atom. The van der Waals surface area contributed by atoms with Crippen molar-refractivity contribution in [3.05, 3.63) is 93.4 Å². The fourth-order valence-corrected chi connectivity index (χ4v) is 3.48. The predicted octanol–water partition coefficient (Wildman–Crippen LogP) is 2.35. The first-order valence-electron chi connectivity index (χ1n) is 9.84. The molecular weight excluding hydrogens is 412 g/mol. The Balaban J connectivity index is 1.48. The van der Waals surface area contributed by atoms with Crippen molar-refractivity contribution in [1.29, 1.82) is 0 Å². The maximum Gasteiger partial charge on any atom is 0.251 e. The topological polar surface area (TPSA) is 104 Å². The van der Waals surface area contributed by atoms with Gasteiger partial charge in [0, 0.05) is 19.2 Å². The van der Waals surface area contributed by atoms with E-state index < -0.39 is 0 Å². The van der Waals surface area contributed by atoms with E-state index in [9.17, 15) is 14.4 Å². The van der Waals surface area contributed by atoms with Crippen LogP contribution in [-0.2, 0) is 29.1 Å². The number of aryl methyl sites for hydroxylation is 1. The highest BCUT2D eigenvalue weighted by Crippen LogP contribution is 2.11. The molecule has 2 amide bonds. The summed E-state index contributed by atoms with van der Waals surface area (Å²) in [6.45, 7) is 2.85. The summed E-state index contributed by atoms with van der Waals surface area (Å²) in [6, 6.07) is 18.8. The zero-order chi connectivity index (χ0) is 22.1. The number of H-pyrrole nitrogens is 1. The van der Waals surface area contributed by atoms with Gasteiger partial charge < -0.3 is 15.6 Å². The maximum atomic E-state index is 12.2. The minimum Gasteiger partial charge on any atom is -0.352 e. The van der Waals surface area contributed by atoms with Crippen molar-refractivity contribution >= 4 is 23.6 Å². The van der Waals surface area contributed by atoms with Crippen LogP contribution >= 0.6 is 11.8 Å². The van der Waals surface area contributed by atoms with Gasteiger partial charge in [-0.15, -0.1) is 0 Å². The first-order valence-corrected chi connectivity index (χ1v) is 10.8. The third kappa shape index (κ3) is 7.75. The number of carbonyl (C=O) groups excluding carboxylic acids is 2. The number of amides is 2. The molecule has 0 spiro atoms. The summed E-state index contributed by atoms with van der Waals surface area (Å²) >= 11 is 1.12. The van der Waals surface area contributed by atoms with Gasteiger partial charge in [0.25, 0.3) is 5.56 Å². The number of thioether (sulfide) groups is 1. The van der Waals surface area contributed by atoms with Crippen LogP contribution in [0, 0.1) is 6.92 Å². The third-order valence-electron chi connectivity index (χ3n) is 4.40. The normalized spacial score (nSPS) is 10.5. The van der Waals surface area contributed by atoms with Gasteiger partial charge in [0.15, 0.2) is 5.16 Å². The van der Waals surface area contributed by atoms with Crippen LogP contribution in [0.5, 0.6) is 0 Å². The molecule has 3 rings (SSSR count). The number of nitrogens with zero attached hydrogens (tertiary/aromatic N) is 1. The van der Waals surface area contributed by atoms with Crippen molar-refractivity contribution in [2.45, 2.75) is 31.6 Å². The molecule has 0 bridgehead atoms. The number of benzene rings is 2. The molecule has 0 saturated heterocycles. The summed E-state index contributed by atoms with van der Waals surface area (Å²) in [6.07, 6.45) is -0.00999. The lowest BCUT2D eigenvalue weighted by atomic mass is 10.1. The van der Waals surface area contributed by atoms with Crippen LogP contribution in [0.3, 0.4) is 0 Å². The van der Waals surface area contributed by atoms with Gasteiger partial charge in [0.1, 0.15) is 0 Å². The van der Waals surface area contributed by atoms with Crippen molar-refractivity contribution in [2.24, 2.45) is 0 Å². The van der Waals surface area contributed by atoms with Gasteiger partial charge in [-0.05, 0) is 18.1 Å². The maximum absolute atomic E-state index is 12.2. The van der Waals surface area contributed by atoms with E-state index in [0.29, 0.717) is 23.9 Å². The zero-order valence-electron chi connectivity index (χ0n) is 17.2. The smallest absolute Gasteiger partial charge is 0.251 e. The summed E-state index contributed by atoms with van der Waals surface area (Å²) in [5.41, 5.74) is 3.16. The van der Waals surface area contributed by atoms with E-state index in [2.05, 4.69) is 20.6 Å². The molecule has 3 N–H and O–H groups in total. The molecule has 3 aromatic rings. The summed E-state index contributed by atoms with van der Waals surface area (Å²) in [7, 11) is 0. The molecule has 0 aliphatic carbocycles. The van der Waals surface area contributed by atoms with E-state index in [1.54, 1.807) is 0 Å². The molecule has 0 atom stereocenters. The molecule has 0 fully saturated rings. The molecule has 0 radical (unpaired) electrons. The molecule has 1 aromatic heterocycles. The second-order valence-electron chi connectivity index (χ2n) is 7.03. The van der Waals surface area contributed by atoms with E-state index >= 15 is 0 Å². The molecule has 0 saturated carbocycles. The number of hydrogen-bond acceptors (Lipinski definition) is 5. The average molecular weight is 437 g/mol. The second-order valence-corrected chi connectivity index (χ2v) is 8.00. The van der Waals surface area contributed by atoms with Crippen molar-refractivity contribution in [1.82, 2.24) is 20.6 Å². The Hall–Kier alpha value is -3.39. The Kier molecular flexibility index (Phi) is 8.00. The van der Waals surface area contributed by atoms with Crippen LogP contribution in [0.2, 0.25) is 0 Å². The first-order chi connectivity index (χ1) is 15.0. The van der Waals surface area contributed by atoms with E-state index in [0.717, 1.165) is 28.5 Å². The van der Waals surface area contributed by atoms with Crippen LogP contribution in [0.25, 0.3) is 0 Å². The molecular formula is C23H24N4O3S. The van der Waals surface area contributed by atoms with Gasteiger partial charge in [-0.25, -0.2) is 4.98 Å². The Bertz CT molecular complexity index is 1080. The van der Waals surface area contributed by atoms with Crippen LogP contribution < -0.4 is 16.2 Å². The molecule has 31 heavy (non-hydrogen) atoms. The van der Waals surface area contributed by atoms with Crippen LogP contribution in [-0.4, -0.2) is 27.5 Å². The SMILES string of the molecule is Cc1ccc(CNC(=O)CSc2nc(CC(=O)NCc3ccccc3)cc(=O)[nH]2)cc1. The van der Waals surface area contributed by atoms with Gasteiger partial charge in [-0.3, -0.25) is 14.4 Å². The second kappa shape index (κ2) is 11.1. The van der Waals surface area contributed by atoms with Crippen LogP contribution in [0.1, 0.15) is 22.4 Å². The largest absolute Gasteiger partial charge is 0.352 e. The van der Waals surface area contributed by atoms with E-state index in [1.165, 1.54) is 6.07 Å². The van der Waals surface area contributed by atoms with Crippen LogP contribution in [0.15, 0.2) is 70.6 Å².